The summed E-state index contributed by atoms with van der Waals surface area (Å²) >= 11 is 1.15. The quantitative estimate of drug-likeness (QED) is 0.876. The van der Waals surface area contributed by atoms with E-state index in [1.54, 1.807) is 6.07 Å². The van der Waals surface area contributed by atoms with E-state index in [4.69, 9.17) is 9.84 Å². The largest absolute Gasteiger partial charge is 0.482 e. The maximum Gasteiger partial charge on any atom is 0.349 e. The Hall–Kier alpha value is -1.56. The fourth-order valence-electron chi connectivity index (χ4n) is 2.67. The highest BCUT2D eigenvalue weighted by molar-refractivity contribution is 7.14. The molecule has 2 N–H and O–H groups in total. The predicted molar refractivity (Wildman–Crippen MR) is 81.1 cm³/mol. The lowest BCUT2D eigenvalue weighted by molar-refractivity contribution is -0.124. The third-order valence-electron chi connectivity index (χ3n) is 3.83. The summed E-state index contributed by atoms with van der Waals surface area (Å²) in [5.74, 6) is -0.448. The van der Waals surface area contributed by atoms with Crippen molar-refractivity contribution in [1.82, 2.24) is 5.32 Å². The van der Waals surface area contributed by atoms with Crippen LogP contribution in [-0.4, -0.2) is 29.6 Å². The Morgan fingerprint density at radius 2 is 2.14 bits per heavy atom. The molecule has 1 amide bonds. The Bertz CT molecular complexity index is 526. The molecule has 5 nitrogen and oxygen atoms in total. The molecule has 1 aliphatic carbocycles. The number of ether oxygens (including phenoxy) is 1. The number of aryl methyl sites for hydroxylation is 1. The summed E-state index contributed by atoms with van der Waals surface area (Å²) in [6.07, 6.45) is 4.51. The van der Waals surface area contributed by atoms with Gasteiger partial charge in [-0.15, -0.1) is 11.3 Å². The van der Waals surface area contributed by atoms with Gasteiger partial charge < -0.3 is 15.2 Å². The highest BCUT2D eigenvalue weighted by atomic mass is 32.1. The normalized spacial score (nSPS) is 21.8. The van der Waals surface area contributed by atoms with Crippen LogP contribution < -0.4 is 10.1 Å². The van der Waals surface area contributed by atoms with E-state index in [1.807, 2.05) is 6.92 Å². The zero-order valence-electron chi connectivity index (χ0n) is 12.3. The van der Waals surface area contributed by atoms with Crippen LogP contribution in [0.4, 0.5) is 0 Å². The van der Waals surface area contributed by atoms with Crippen molar-refractivity contribution in [2.24, 2.45) is 5.92 Å². The number of carboxylic acid groups (broad SMARTS) is 1. The van der Waals surface area contributed by atoms with Gasteiger partial charge in [0.05, 0.1) is 0 Å². The van der Waals surface area contributed by atoms with Crippen molar-refractivity contribution in [3.8, 4) is 5.75 Å². The van der Waals surface area contributed by atoms with Crippen LogP contribution in [0, 0.1) is 12.8 Å². The van der Waals surface area contributed by atoms with Crippen LogP contribution in [0.3, 0.4) is 0 Å². The molecule has 0 saturated heterocycles. The van der Waals surface area contributed by atoms with Crippen molar-refractivity contribution in [2.75, 3.05) is 6.61 Å². The summed E-state index contributed by atoms with van der Waals surface area (Å²) in [5, 5.41) is 12.1. The van der Waals surface area contributed by atoms with Crippen LogP contribution in [0.25, 0.3) is 0 Å². The van der Waals surface area contributed by atoms with Crippen LogP contribution >= 0.6 is 11.3 Å². The van der Waals surface area contributed by atoms with Gasteiger partial charge in [0.1, 0.15) is 5.75 Å². The molecule has 116 valence electrons. The van der Waals surface area contributed by atoms with E-state index in [2.05, 4.69) is 12.2 Å². The lowest BCUT2D eigenvalue weighted by atomic mass is 9.86. The van der Waals surface area contributed by atoms with E-state index in [1.165, 1.54) is 6.42 Å². The number of nitrogens with one attached hydrogen (secondary N) is 1. The summed E-state index contributed by atoms with van der Waals surface area (Å²) in [4.78, 5) is 24.0. The number of amides is 1. The molecule has 6 heteroatoms. The minimum Gasteiger partial charge on any atom is -0.482 e. The molecule has 0 bridgehead atoms. The maximum absolute atomic E-state index is 11.9. The first-order valence-corrected chi connectivity index (χ1v) is 8.05. The Kier molecular flexibility index (Phi) is 5.22. The number of carbonyl (C=O) groups excluding carboxylic acids is 1. The van der Waals surface area contributed by atoms with E-state index in [0.29, 0.717) is 5.92 Å². The third-order valence-corrected chi connectivity index (χ3v) is 4.85. The zero-order valence-corrected chi connectivity index (χ0v) is 13.2. The molecule has 1 saturated carbocycles. The number of rotatable bonds is 5. The van der Waals surface area contributed by atoms with Crippen LogP contribution in [0.15, 0.2) is 6.07 Å². The second-order valence-corrected chi connectivity index (χ2v) is 6.84. The van der Waals surface area contributed by atoms with Crippen molar-refractivity contribution in [2.45, 2.75) is 45.6 Å². The van der Waals surface area contributed by atoms with Gasteiger partial charge >= 0.3 is 5.97 Å². The maximum atomic E-state index is 11.9. The summed E-state index contributed by atoms with van der Waals surface area (Å²) in [6, 6.07) is 1.86. The molecule has 1 aromatic heterocycles. The number of thiophene rings is 1. The lowest BCUT2D eigenvalue weighted by Crippen LogP contribution is -2.43. The van der Waals surface area contributed by atoms with Gasteiger partial charge in [-0.05, 0) is 31.7 Å². The first-order valence-electron chi connectivity index (χ1n) is 7.23. The van der Waals surface area contributed by atoms with Gasteiger partial charge in [-0.3, -0.25) is 4.79 Å². The molecule has 2 rings (SSSR count). The average Bonchev–Trinajstić information content (AvgIpc) is 2.80. The molecule has 0 aromatic carbocycles. The predicted octanol–water partition coefficient (Wildman–Crippen LogP) is 2.83. The molecule has 2 atom stereocenters. The van der Waals surface area contributed by atoms with Gasteiger partial charge in [-0.1, -0.05) is 19.8 Å². The molecule has 1 heterocycles. The molecule has 1 aliphatic rings. The number of hydrogen-bond acceptors (Lipinski definition) is 4. The van der Waals surface area contributed by atoms with Crippen molar-refractivity contribution in [1.29, 1.82) is 0 Å². The second-order valence-electron chi connectivity index (χ2n) is 5.58. The first-order chi connectivity index (χ1) is 9.97. The van der Waals surface area contributed by atoms with Gasteiger partial charge in [0, 0.05) is 10.9 Å². The van der Waals surface area contributed by atoms with Gasteiger partial charge in [0.15, 0.2) is 11.5 Å². The SMILES string of the molecule is Cc1cc(OCC(=O)NC2CCCCC2C)c(C(=O)O)s1. The van der Waals surface area contributed by atoms with E-state index < -0.39 is 5.97 Å². The Labute approximate surface area is 128 Å². The monoisotopic (exact) mass is 311 g/mol. The molecule has 1 aromatic rings. The minimum atomic E-state index is -1.02. The molecule has 0 aliphatic heterocycles. The number of hydrogen-bond donors (Lipinski definition) is 2. The van der Waals surface area contributed by atoms with Gasteiger partial charge in [-0.2, -0.15) is 0 Å². The van der Waals surface area contributed by atoms with Crippen molar-refractivity contribution in [3.05, 3.63) is 15.8 Å². The van der Waals surface area contributed by atoms with E-state index in [-0.39, 0.29) is 29.2 Å². The smallest absolute Gasteiger partial charge is 0.349 e. The summed E-state index contributed by atoms with van der Waals surface area (Å²) in [6.45, 7) is 3.82. The molecular weight excluding hydrogens is 290 g/mol. The fourth-order valence-corrected chi connectivity index (χ4v) is 3.46. The first kappa shape index (κ1) is 15.8. The van der Waals surface area contributed by atoms with E-state index in [0.717, 1.165) is 35.5 Å². The van der Waals surface area contributed by atoms with Crippen LogP contribution in [0.5, 0.6) is 5.75 Å². The van der Waals surface area contributed by atoms with E-state index >= 15 is 0 Å². The number of aromatic carboxylic acids is 1. The summed E-state index contributed by atoms with van der Waals surface area (Å²) < 4.78 is 5.38. The second kappa shape index (κ2) is 6.93. The number of carboxylic acids is 1. The number of carbonyl (C=O) groups is 2. The lowest BCUT2D eigenvalue weighted by Gasteiger charge is -2.29. The van der Waals surface area contributed by atoms with Crippen molar-refractivity contribution in [3.63, 3.8) is 0 Å². The minimum absolute atomic E-state index is 0.139. The molecule has 0 radical (unpaired) electrons. The fraction of sp³-hybridized carbons (Fsp3) is 0.600. The highest BCUT2D eigenvalue weighted by Crippen LogP contribution is 2.29. The standard InChI is InChI=1S/C15H21NO4S/c1-9-5-3-4-6-11(9)16-13(17)8-20-12-7-10(2)21-14(12)15(18)19/h7,9,11H,3-6,8H2,1-2H3,(H,16,17)(H,18,19). The van der Waals surface area contributed by atoms with Crippen LogP contribution in [-0.2, 0) is 4.79 Å². The summed E-state index contributed by atoms with van der Waals surface area (Å²) in [5.41, 5.74) is 0. The van der Waals surface area contributed by atoms with Gasteiger partial charge in [0.2, 0.25) is 0 Å². The van der Waals surface area contributed by atoms with Crippen LogP contribution in [0.2, 0.25) is 0 Å². The highest BCUT2D eigenvalue weighted by Gasteiger charge is 2.23. The van der Waals surface area contributed by atoms with Gasteiger partial charge in [0.25, 0.3) is 5.91 Å². The summed E-state index contributed by atoms with van der Waals surface area (Å²) in [7, 11) is 0. The van der Waals surface area contributed by atoms with Crippen molar-refractivity contribution >= 4 is 23.2 Å². The topological polar surface area (TPSA) is 75.6 Å². The molecule has 2 unspecified atom stereocenters. The Morgan fingerprint density at radius 3 is 2.81 bits per heavy atom. The van der Waals surface area contributed by atoms with Crippen LogP contribution in [0.1, 0.15) is 47.2 Å². The Balaban J connectivity index is 1.88. The van der Waals surface area contributed by atoms with Crippen molar-refractivity contribution < 1.29 is 19.4 Å². The molecule has 1 fully saturated rings. The van der Waals surface area contributed by atoms with Gasteiger partial charge in [-0.25, -0.2) is 4.79 Å². The Morgan fingerprint density at radius 1 is 1.43 bits per heavy atom. The third kappa shape index (κ3) is 4.20. The molecule has 21 heavy (non-hydrogen) atoms. The molecular formula is C15H21NO4S. The van der Waals surface area contributed by atoms with E-state index in [9.17, 15) is 9.59 Å². The zero-order chi connectivity index (χ0) is 15.4. The molecule has 0 spiro atoms. The average molecular weight is 311 g/mol.